The largest absolute Gasteiger partial charge is 0.379 e. The quantitative estimate of drug-likeness (QED) is 0.253. The van der Waals surface area contributed by atoms with Crippen molar-refractivity contribution in [2.24, 2.45) is 11.0 Å². The van der Waals surface area contributed by atoms with Gasteiger partial charge in [0.2, 0.25) is 0 Å². The smallest absolute Gasteiger partial charge is 0.160 e. The molecule has 0 spiro atoms. The molecular weight excluding hydrogens is 198 g/mol. The van der Waals surface area contributed by atoms with Crippen LogP contribution in [-0.2, 0) is 14.3 Å². The second-order valence-electron chi connectivity index (χ2n) is 3.24. The molecule has 0 atom stereocenters. The van der Waals surface area contributed by atoms with E-state index in [-0.39, 0.29) is 18.3 Å². The van der Waals surface area contributed by atoms with Crippen LogP contribution in [0, 0.1) is 5.92 Å². The molecule has 0 saturated carbocycles. The molecular formula is C9H17N3O3. The Labute approximate surface area is 89.2 Å². The van der Waals surface area contributed by atoms with Crippen molar-refractivity contribution in [3.63, 3.8) is 0 Å². The van der Waals surface area contributed by atoms with Crippen molar-refractivity contribution in [1.82, 2.24) is 0 Å². The Bertz CT molecular complexity index is 225. The Morgan fingerprint density at radius 1 is 1.33 bits per heavy atom. The minimum Gasteiger partial charge on any atom is -0.379 e. The fraction of sp³-hybridized carbons (Fsp3) is 0.889. The molecule has 6 heteroatoms. The van der Waals surface area contributed by atoms with E-state index in [2.05, 4.69) is 10.0 Å². The Kier molecular flexibility index (Phi) is 8.76. The van der Waals surface area contributed by atoms with Gasteiger partial charge >= 0.3 is 0 Å². The lowest BCUT2D eigenvalue weighted by atomic mass is 10.1. The number of hydrogen-bond acceptors (Lipinski definition) is 4. The topological polar surface area (TPSA) is 84.3 Å². The van der Waals surface area contributed by atoms with Gasteiger partial charge in [-0.25, -0.2) is 0 Å². The van der Waals surface area contributed by atoms with E-state index >= 15 is 0 Å². The summed E-state index contributed by atoms with van der Waals surface area (Å²) >= 11 is 0. The van der Waals surface area contributed by atoms with Gasteiger partial charge in [0, 0.05) is 17.4 Å². The molecule has 6 nitrogen and oxygen atoms in total. The van der Waals surface area contributed by atoms with Crippen molar-refractivity contribution < 1.29 is 14.3 Å². The van der Waals surface area contributed by atoms with Crippen molar-refractivity contribution in [3.8, 4) is 0 Å². The van der Waals surface area contributed by atoms with Crippen molar-refractivity contribution in [3.05, 3.63) is 10.4 Å². The SMILES string of the molecule is CC(C)C(=O)COCCOCCN=[N+]=[N-]. The van der Waals surface area contributed by atoms with Crippen LogP contribution < -0.4 is 0 Å². The summed E-state index contributed by atoms with van der Waals surface area (Å²) in [4.78, 5) is 13.7. The molecule has 0 aliphatic rings. The van der Waals surface area contributed by atoms with Gasteiger partial charge in [-0.15, -0.1) is 0 Å². The molecule has 0 aliphatic heterocycles. The number of ketones is 1. The van der Waals surface area contributed by atoms with Gasteiger partial charge in [0.05, 0.1) is 19.8 Å². The molecule has 0 aromatic rings. The summed E-state index contributed by atoms with van der Waals surface area (Å²) in [6.07, 6.45) is 0. The zero-order chi connectivity index (χ0) is 11.5. The first-order chi connectivity index (χ1) is 7.18. The van der Waals surface area contributed by atoms with Gasteiger partial charge in [0.25, 0.3) is 0 Å². The number of carbonyl (C=O) groups excluding carboxylic acids is 1. The molecule has 0 aromatic heterocycles. The number of carbonyl (C=O) groups is 1. The predicted octanol–water partition coefficient (Wildman–Crippen LogP) is 1.55. The van der Waals surface area contributed by atoms with E-state index in [1.54, 1.807) is 0 Å². The molecule has 0 unspecified atom stereocenters. The third kappa shape index (κ3) is 9.21. The molecule has 0 radical (unpaired) electrons. The van der Waals surface area contributed by atoms with E-state index in [1.165, 1.54) is 0 Å². The fourth-order valence-electron chi connectivity index (χ4n) is 0.709. The predicted molar refractivity (Wildman–Crippen MR) is 55.5 cm³/mol. The van der Waals surface area contributed by atoms with Crippen LogP contribution in [0.25, 0.3) is 10.4 Å². The molecule has 0 aliphatic carbocycles. The van der Waals surface area contributed by atoms with Gasteiger partial charge < -0.3 is 9.47 Å². The minimum absolute atomic E-state index is 0.0101. The summed E-state index contributed by atoms with van der Waals surface area (Å²) in [7, 11) is 0. The lowest BCUT2D eigenvalue weighted by molar-refractivity contribution is -0.127. The summed E-state index contributed by atoms with van der Waals surface area (Å²) in [6.45, 7) is 5.30. The molecule has 0 fully saturated rings. The highest BCUT2D eigenvalue weighted by Crippen LogP contribution is 1.94. The van der Waals surface area contributed by atoms with Crippen LogP contribution in [0.15, 0.2) is 5.11 Å². The Balaban J connectivity index is 3.18. The standard InChI is InChI=1S/C9H17N3O3/c1-8(2)9(13)7-15-6-5-14-4-3-11-12-10/h8H,3-7H2,1-2H3. The normalized spacial score (nSPS) is 10.1. The van der Waals surface area contributed by atoms with Gasteiger partial charge in [-0.2, -0.15) is 0 Å². The molecule has 0 bridgehead atoms. The van der Waals surface area contributed by atoms with Crippen LogP contribution >= 0.6 is 0 Å². The van der Waals surface area contributed by atoms with Crippen LogP contribution in [0.3, 0.4) is 0 Å². The van der Waals surface area contributed by atoms with Gasteiger partial charge in [-0.3, -0.25) is 4.79 Å². The molecule has 86 valence electrons. The number of ether oxygens (including phenoxy) is 2. The van der Waals surface area contributed by atoms with Crippen LogP contribution in [0.1, 0.15) is 13.8 Å². The van der Waals surface area contributed by atoms with E-state index in [0.29, 0.717) is 26.4 Å². The van der Waals surface area contributed by atoms with Crippen LogP contribution in [0.5, 0.6) is 0 Å². The molecule has 0 N–H and O–H groups in total. The number of nitrogens with zero attached hydrogens (tertiary/aromatic N) is 3. The van der Waals surface area contributed by atoms with E-state index in [4.69, 9.17) is 15.0 Å². The summed E-state index contributed by atoms with van der Waals surface area (Å²) < 4.78 is 10.2. The highest BCUT2D eigenvalue weighted by molar-refractivity contribution is 5.81. The molecule has 0 aromatic carbocycles. The van der Waals surface area contributed by atoms with Crippen molar-refractivity contribution >= 4 is 5.78 Å². The molecule has 15 heavy (non-hydrogen) atoms. The first-order valence-corrected chi connectivity index (χ1v) is 4.87. The molecule has 0 rings (SSSR count). The highest BCUT2D eigenvalue weighted by Gasteiger charge is 2.05. The van der Waals surface area contributed by atoms with Crippen LogP contribution in [0.4, 0.5) is 0 Å². The third-order valence-corrected chi connectivity index (χ3v) is 1.66. The summed E-state index contributed by atoms with van der Waals surface area (Å²) in [6, 6.07) is 0. The molecule has 0 amide bonds. The van der Waals surface area contributed by atoms with E-state index < -0.39 is 0 Å². The van der Waals surface area contributed by atoms with Crippen molar-refractivity contribution in [2.45, 2.75) is 13.8 Å². The zero-order valence-corrected chi connectivity index (χ0v) is 9.18. The average Bonchev–Trinajstić information content (AvgIpc) is 2.21. The lowest BCUT2D eigenvalue weighted by Gasteiger charge is -2.05. The summed E-state index contributed by atoms with van der Waals surface area (Å²) in [5.74, 6) is 0.0972. The number of rotatable bonds is 9. The monoisotopic (exact) mass is 215 g/mol. The second kappa shape index (κ2) is 9.45. The number of Topliss-reactive ketones (excluding diaryl/α,β-unsaturated/α-hetero) is 1. The minimum atomic E-state index is 0.0101. The number of azide groups is 1. The van der Waals surface area contributed by atoms with Crippen molar-refractivity contribution in [1.29, 1.82) is 0 Å². The Hall–Kier alpha value is -1.10. The highest BCUT2D eigenvalue weighted by atomic mass is 16.5. The summed E-state index contributed by atoms with van der Waals surface area (Å²) in [5.41, 5.74) is 7.96. The Morgan fingerprint density at radius 3 is 2.60 bits per heavy atom. The Morgan fingerprint density at radius 2 is 2.00 bits per heavy atom. The first kappa shape index (κ1) is 13.9. The van der Waals surface area contributed by atoms with Crippen molar-refractivity contribution in [2.75, 3.05) is 33.0 Å². The number of hydrogen-bond donors (Lipinski definition) is 0. The lowest BCUT2D eigenvalue weighted by Crippen LogP contribution is -2.17. The fourth-order valence-corrected chi connectivity index (χ4v) is 0.709. The maximum Gasteiger partial charge on any atom is 0.160 e. The maximum absolute atomic E-state index is 11.1. The van der Waals surface area contributed by atoms with Gasteiger partial charge in [0.15, 0.2) is 5.78 Å². The van der Waals surface area contributed by atoms with Gasteiger partial charge in [0.1, 0.15) is 6.61 Å². The van der Waals surface area contributed by atoms with Crippen LogP contribution in [-0.4, -0.2) is 38.8 Å². The van der Waals surface area contributed by atoms with E-state index in [1.807, 2.05) is 13.8 Å². The zero-order valence-electron chi connectivity index (χ0n) is 9.18. The van der Waals surface area contributed by atoms with E-state index in [0.717, 1.165) is 0 Å². The second-order valence-corrected chi connectivity index (χ2v) is 3.24. The maximum atomic E-state index is 11.1. The third-order valence-electron chi connectivity index (χ3n) is 1.66. The van der Waals surface area contributed by atoms with Crippen LogP contribution in [0.2, 0.25) is 0 Å². The summed E-state index contributed by atoms with van der Waals surface area (Å²) in [5, 5.41) is 3.30. The average molecular weight is 215 g/mol. The van der Waals surface area contributed by atoms with E-state index in [9.17, 15) is 4.79 Å². The molecule has 0 heterocycles. The van der Waals surface area contributed by atoms with Gasteiger partial charge in [-0.1, -0.05) is 19.0 Å². The van der Waals surface area contributed by atoms with Gasteiger partial charge in [-0.05, 0) is 5.53 Å². The molecule has 0 saturated heterocycles. The first-order valence-electron chi connectivity index (χ1n) is 4.87.